The fourth-order valence-corrected chi connectivity index (χ4v) is 1.77. The summed E-state index contributed by atoms with van der Waals surface area (Å²) in [5.41, 5.74) is -0.142. The average Bonchev–Trinajstić information content (AvgIpc) is 2.50. The number of halogens is 4. The van der Waals surface area contributed by atoms with Gasteiger partial charge in [0.1, 0.15) is 17.4 Å². The molecule has 0 heterocycles. The summed E-state index contributed by atoms with van der Waals surface area (Å²) in [6, 6.07) is 8.39. The van der Waals surface area contributed by atoms with E-state index < -0.39 is 24.2 Å². The van der Waals surface area contributed by atoms with E-state index in [0.29, 0.717) is 0 Å². The molecule has 0 aliphatic rings. The summed E-state index contributed by atoms with van der Waals surface area (Å²) in [7, 11) is 0. The number of anilines is 2. The normalized spacial score (nSPS) is 10.5. The van der Waals surface area contributed by atoms with Crippen LogP contribution in [0.5, 0.6) is 5.75 Å². The number of alkyl halides is 2. The van der Waals surface area contributed by atoms with Crippen molar-refractivity contribution in [2.75, 3.05) is 17.2 Å². The Morgan fingerprint density at radius 2 is 1.83 bits per heavy atom. The molecule has 0 radical (unpaired) electrons. The van der Waals surface area contributed by atoms with Crippen molar-refractivity contribution < 1.29 is 27.1 Å². The fraction of sp³-hybridized carbons (Fsp3) is 0.133. The Bertz CT molecular complexity index is 695. The summed E-state index contributed by atoms with van der Waals surface area (Å²) < 4.78 is 55.2. The van der Waals surface area contributed by atoms with Gasteiger partial charge in [-0.3, -0.25) is 4.79 Å². The Kier molecular flexibility index (Phi) is 5.40. The number of ether oxygens (including phenoxy) is 1. The summed E-state index contributed by atoms with van der Waals surface area (Å²) >= 11 is 0. The highest BCUT2D eigenvalue weighted by molar-refractivity contribution is 5.95. The number of hydrogen-bond donors (Lipinski definition) is 2. The van der Waals surface area contributed by atoms with E-state index in [1.807, 2.05) is 0 Å². The number of hydrogen-bond acceptors (Lipinski definition) is 3. The predicted molar refractivity (Wildman–Crippen MR) is 76.6 cm³/mol. The van der Waals surface area contributed by atoms with Crippen LogP contribution >= 0.6 is 0 Å². The van der Waals surface area contributed by atoms with E-state index in [1.54, 1.807) is 0 Å². The van der Waals surface area contributed by atoms with Crippen molar-refractivity contribution in [2.45, 2.75) is 6.61 Å². The van der Waals surface area contributed by atoms with Gasteiger partial charge >= 0.3 is 6.61 Å². The molecule has 0 aliphatic carbocycles. The molecule has 1 amide bonds. The Labute approximate surface area is 129 Å². The zero-order valence-electron chi connectivity index (χ0n) is 11.7. The highest BCUT2D eigenvalue weighted by Gasteiger charge is 2.12. The van der Waals surface area contributed by atoms with Gasteiger partial charge in [0.05, 0.1) is 17.9 Å². The van der Waals surface area contributed by atoms with E-state index >= 15 is 0 Å². The molecule has 122 valence electrons. The smallest absolute Gasteiger partial charge is 0.387 e. The van der Waals surface area contributed by atoms with Gasteiger partial charge in [-0.2, -0.15) is 8.78 Å². The average molecular weight is 328 g/mol. The molecule has 0 fully saturated rings. The topological polar surface area (TPSA) is 50.4 Å². The monoisotopic (exact) mass is 328 g/mol. The maximum absolute atomic E-state index is 13.4. The molecule has 0 unspecified atom stereocenters. The van der Waals surface area contributed by atoms with Crippen LogP contribution in [0.25, 0.3) is 0 Å². The first-order valence-electron chi connectivity index (χ1n) is 6.48. The largest absolute Gasteiger partial charge is 0.433 e. The molecule has 2 rings (SSSR count). The number of amides is 1. The first-order chi connectivity index (χ1) is 11.0. The van der Waals surface area contributed by atoms with E-state index in [0.717, 1.165) is 18.2 Å². The first-order valence-corrected chi connectivity index (χ1v) is 6.48. The Morgan fingerprint density at radius 1 is 1.09 bits per heavy atom. The van der Waals surface area contributed by atoms with Crippen molar-refractivity contribution in [3.05, 3.63) is 54.1 Å². The second-order valence-corrected chi connectivity index (χ2v) is 4.40. The van der Waals surface area contributed by atoms with Crippen LogP contribution in [-0.4, -0.2) is 19.1 Å². The number of para-hydroxylation sites is 2. The molecule has 0 aromatic heterocycles. The Hall–Kier alpha value is -2.77. The van der Waals surface area contributed by atoms with Gasteiger partial charge in [-0.1, -0.05) is 12.1 Å². The minimum Gasteiger partial charge on any atom is -0.433 e. The highest BCUT2D eigenvalue weighted by Crippen LogP contribution is 2.25. The van der Waals surface area contributed by atoms with Crippen molar-refractivity contribution in [1.82, 2.24) is 0 Å². The van der Waals surface area contributed by atoms with Crippen LogP contribution in [0.1, 0.15) is 0 Å². The zero-order chi connectivity index (χ0) is 16.8. The van der Waals surface area contributed by atoms with Crippen LogP contribution in [0, 0.1) is 11.6 Å². The predicted octanol–water partition coefficient (Wildman–Crippen LogP) is 3.62. The lowest BCUT2D eigenvalue weighted by Crippen LogP contribution is -2.22. The van der Waals surface area contributed by atoms with Crippen LogP contribution in [0.15, 0.2) is 42.5 Å². The van der Waals surface area contributed by atoms with Gasteiger partial charge in [-0.15, -0.1) is 0 Å². The van der Waals surface area contributed by atoms with Crippen LogP contribution in [-0.2, 0) is 4.79 Å². The quantitative estimate of drug-likeness (QED) is 0.797. The van der Waals surface area contributed by atoms with Crippen molar-refractivity contribution in [3.63, 3.8) is 0 Å². The third-order valence-corrected chi connectivity index (χ3v) is 2.75. The third-order valence-electron chi connectivity index (χ3n) is 2.75. The lowest BCUT2D eigenvalue weighted by Gasteiger charge is -2.12. The summed E-state index contributed by atoms with van der Waals surface area (Å²) in [6.07, 6.45) is 0. The second kappa shape index (κ2) is 7.48. The van der Waals surface area contributed by atoms with Gasteiger partial charge in [0.25, 0.3) is 0 Å². The molecular weight excluding hydrogens is 316 g/mol. The van der Waals surface area contributed by atoms with Crippen LogP contribution in [0.3, 0.4) is 0 Å². The molecule has 8 heteroatoms. The molecule has 4 nitrogen and oxygen atoms in total. The minimum absolute atomic E-state index is 0.0410. The number of rotatable bonds is 6. The minimum atomic E-state index is -3.03. The molecule has 0 atom stereocenters. The van der Waals surface area contributed by atoms with Gasteiger partial charge in [-0.25, -0.2) is 8.78 Å². The van der Waals surface area contributed by atoms with Gasteiger partial charge in [0, 0.05) is 0 Å². The van der Waals surface area contributed by atoms with Gasteiger partial charge in [0.15, 0.2) is 0 Å². The van der Waals surface area contributed by atoms with Gasteiger partial charge in [-0.05, 0) is 30.3 Å². The molecule has 2 aromatic carbocycles. The molecule has 0 saturated heterocycles. The lowest BCUT2D eigenvalue weighted by molar-refractivity contribution is -0.114. The molecule has 0 saturated carbocycles. The summed E-state index contributed by atoms with van der Waals surface area (Å²) in [6.45, 7) is -3.42. The first kappa shape index (κ1) is 16.6. The number of benzene rings is 2. The van der Waals surface area contributed by atoms with Crippen LogP contribution < -0.4 is 15.4 Å². The fourth-order valence-electron chi connectivity index (χ4n) is 1.77. The van der Waals surface area contributed by atoms with E-state index in [4.69, 9.17) is 0 Å². The van der Waals surface area contributed by atoms with E-state index in [9.17, 15) is 22.4 Å². The number of carbonyl (C=O) groups excluding carboxylic acids is 1. The number of nitrogens with one attached hydrogen (secondary N) is 2. The maximum atomic E-state index is 13.4. The summed E-state index contributed by atoms with van der Waals surface area (Å²) in [5, 5.41) is 4.76. The molecule has 0 bridgehead atoms. The van der Waals surface area contributed by atoms with Crippen molar-refractivity contribution in [1.29, 1.82) is 0 Å². The van der Waals surface area contributed by atoms with E-state index in [-0.39, 0.29) is 23.7 Å². The van der Waals surface area contributed by atoms with Crippen molar-refractivity contribution >= 4 is 17.3 Å². The SMILES string of the molecule is O=C(CNc1cc(F)ccc1F)Nc1ccccc1OC(F)F. The van der Waals surface area contributed by atoms with Crippen molar-refractivity contribution in [2.24, 2.45) is 0 Å². The number of carbonyl (C=O) groups is 1. The molecule has 0 aliphatic heterocycles. The highest BCUT2D eigenvalue weighted by atomic mass is 19.3. The molecule has 2 N–H and O–H groups in total. The van der Waals surface area contributed by atoms with Crippen LogP contribution in [0.4, 0.5) is 28.9 Å². The maximum Gasteiger partial charge on any atom is 0.387 e. The summed E-state index contributed by atoms with van der Waals surface area (Å²) in [5.74, 6) is -2.22. The van der Waals surface area contributed by atoms with E-state index in [1.165, 1.54) is 24.3 Å². The van der Waals surface area contributed by atoms with Crippen LogP contribution in [0.2, 0.25) is 0 Å². The second-order valence-electron chi connectivity index (χ2n) is 4.40. The molecule has 23 heavy (non-hydrogen) atoms. The zero-order valence-corrected chi connectivity index (χ0v) is 11.7. The van der Waals surface area contributed by atoms with E-state index in [2.05, 4.69) is 15.4 Å². The Balaban J connectivity index is 1.99. The van der Waals surface area contributed by atoms with Crippen molar-refractivity contribution in [3.8, 4) is 5.75 Å². The van der Waals surface area contributed by atoms with Gasteiger partial charge < -0.3 is 15.4 Å². The summed E-state index contributed by atoms with van der Waals surface area (Å²) in [4.78, 5) is 11.8. The lowest BCUT2D eigenvalue weighted by atomic mass is 10.3. The molecule has 0 spiro atoms. The standard InChI is InChI=1S/C15H12F4N2O2/c16-9-5-6-10(17)12(7-9)20-8-14(22)21-11-3-1-2-4-13(11)23-15(18)19/h1-7,15,20H,8H2,(H,21,22). The third kappa shape index (κ3) is 4.87. The molecule has 2 aromatic rings. The van der Waals surface area contributed by atoms with Gasteiger partial charge in [0.2, 0.25) is 5.91 Å². The Morgan fingerprint density at radius 3 is 2.57 bits per heavy atom. The molecular formula is C15H12F4N2O2.